The highest BCUT2D eigenvalue weighted by atomic mass is 32.2. The first-order chi connectivity index (χ1) is 12.8. The Morgan fingerprint density at radius 1 is 1.11 bits per heavy atom. The number of hydrogen-bond donors (Lipinski definition) is 2. The number of rotatable bonds is 4. The van der Waals surface area contributed by atoms with Crippen LogP contribution in [0.3, 0.4) is 0 Å². The van der Waals surface area contributed by atoms with E-state index in [2.05, 4.69) is 17.0 Å². The molecule has 2 N–H and O–H groups in total. The Labute approximate surface area is 161 Å². The summed E-state index contributed by atoms with van der Waals surface area (Å²) in [7, 11) is -3.60. The lowest BCUT2D eigenvalue weighted by molar-refractivity contribution is -0.116. The van der Waals surface area contributed by atoms with E-state index in [0.717, 1.165) is 29.0 Å². The van der Waals surface area contributed by atoms with Crippen molar-refractivity contribution in [1.82, 2.24) is 4.72 Å². The van der Waals surface area contributed by atoms with Gasteiger partial charge in [0.25, 0.3) is 0 Å². The Morgan fingerprint density at radius 2 is 1.70 bits per heavy atom. The molecule has 1 aromatic carbocycles. The largest absolute Gasteiger partial charge is 0.325 e. The van der Waals surface area contributed by atoms with Crippen molar-refractivity contribution in [1.29, 1.82) is 0 Å². The summed E-state index contributed by atoms with van der Waals surface area (Å²) in [5.74, 6) is 1.99. The fraction of sp³-hybridized carbons (Fsp3) is 0.667. The van der Waals surface area contributed by atoms with Gasteiger partial charge in [0.05, 0.1) is 10.8 Å². The zero-order valence-corrected chi connectivity index (χ0v) is 16.8. The Kier molecular flexibility index (Phi) is 3.80. The standard InChI is InChI=1S/C21H28N2O3S/c1-12-18-8-17(3-4-19(18)22-20(12)24)27(25,26)23-13(2)21-9-14-5-15(10-21)7-16(6-14)11-21/h3-4,8,12-16,23H,5-7,9-11H2,1-2H3,(H,22,24)/t12-,13+,14?,15?,16?,21?/m1/s1. The molecular formula is C21H28N2O3S. The molecule has 0 aromatic heterocycles. The summed E-state index contributed by atoms with van der Waals surface area (Å²) in [6.45, 7) is 3.87. The van der Waals surface area contributed by atoms with Gasteiger partial charge in [-0.05, 0) is 99.3 Å². The highest BCUT2D eigenvalue weighted by Crippen LogP contribution is 2.61. The molecule has 1 heterocycles. The van der Waals surface area contributed by atoms with Gasteiger partial charge >= 0.3 is 0 Å². The van der Waals surface area contributed by atoms with Crippen LogP contribution in [0.15, 0.2) is 23.1 Å². The molecule has 4 aliphatic carbocycles. The van der Waals surface area contributed by atoms with Gasteiger partial charge in [0.15, 0.2) is 0 Å². The van der Waals surface area contributed by atoms with Gasteiger partial charge in [0, 0.05) is 11.7 Å². The molecule has 5 nitrogen and oxygen atoms in total. The van der Waals surface area contributed by atoms with E-state index < -0.39 is 10.0 Å². The van der Waals surface area contributed by atoms with Crippen molar-refractivity contribution in [2.45, 2.75) is 69.2 Å². The summed E-state index contributed by atoms with van der Waals surface area (Å²) in [5.41, 5.74) is 1.62. The lowest BCUT2D eigenvalue weighted by Crippen LogP contribution is -2.55. The monoisotopic (exact) mass is 388 g/mol. The first-order valence-electron chi connectivity index (χ1n) is 10.2. The van der Waals surface area contributed by atoms with E-state index in [4.69, 9.17) is 0 Å². The van der Waals surface area contributed by atoms with Crippen molar-refractivity contribution in [3.05, 3.63) is 23.8 Å². The molecule has 1 aliphatic heterocycles. The molecule has 4 bridgehead atoms. The Balaban J connectivity index is 1.40. The molecule has 1 amide bonds. The van der Waals surface area contributed by atoms with Gasteiger partial charge in [0.1, 0.15) is 0 Å². The average Bonchev–Trinajstić information content (AvgIpc) is 2.87. The molecule has 1 aromatic rings. The fourth-order valence-corrected chi connectivity index (χ4v) is 8.08. The Hall–Kier alpha value is -1.40. The maximum atomic E-state index is 13.1. The van der Waals surface area contributed by atoms with Crippen LogP contribution in [0.5, 0.6) is 0 Å². The van der Waals surface area contributed by atoms with Crippen molar-refractivity contribution in [3.63, 3.8) is 0 Å². The summed E-state index contributed by atoms with van der Waals surface area (Å²) in [4.78, 5) is 12.1. The highest BCUT2D eigenvalue weighted by molar-refractivity contribution is 7.89. The first kappa shape index (κ1) is 17.7. The van der Waals surface area contributed by atoms with Gasteiger partial charge in [-0.2, -0.15) is 0 Å². The second-order valence-corrected chi connectivity index (χ2v) is 11.3. The zero-order chi connectivity index (χ0) is 19.0. The van der Waals surface area contributed by atoms with Gasteiger partial charge in [-0.1, -0.05) is 0 Å². The smallest absolute Gasteiger partial charge is 0.240 e. The second-order valence-electron chi connectivity index (χ2n) is 9.58. The third kappa shape index (κ3) is 2.75. The van der Waals surface area contributed by atoms with E-state index in [1.807, 2.05) is 6.92 Å². The lowest BCUT2D eigenvalue weighted by Gasteiger charge is -2.59. The SMILES string of the molecule is C[C@H](NS(=O)(=O)c1ccc2c(c1)[C@@H](C)C(=O)N2)C12CC3CC(CC(C3)C1)C2. The van der Waals surface area contributed by atoms with Gasteiger partial charge in [-0.15, -0.1) is 0 Å². The predicted octanol–water partition coefficient (Wildman–Crippen LogP) is 3.63. The maximum Gasteiger partial charge on any atom is 0.240 e. The third-order valence-corrected chi connectivity index (χ3v) is 9.33. The number of carbonyl (C=O) groups is 1. The van der Waals surface area contributed by atoms with Crippen molar-refractivity contribution in [2.24, 2.45) is 23.2 Å². The predicted molar refractivity (Wildman–Crippen MR) is 104 cm³/mol. The summed E-state index contributed by atoms with van der Waals surface area (Å²) in [6.07, 6.45) is 7.56. The van der Waals surface area contributed by atoms with E-state index in [1.54, 1.807) is 18.2 Å². The maximum absolute atomic E-state index is 13.1. The lowest BCUT2D eigenvalue weighted by atomic mass is 9.48. The fourth-order valence-electron chi connectivity index (χ4n) is 6.70. The quantitative estimate of drug-likeness (QED) is 0.827. The van der Waals surface area contributed by atoms with E-state index in [9.17, 15) is 13.2 Å². The van der Waals surface area contributed by atoms with E-state index in [1.165, 1.54) is 38.5 Å². The number of anilines is 1. The van der Waals surface area contributed by atoms with Crippen LogP contribution in [0, 0.1) is 23.2 Å². The Morgan fingerprint density at radius 3 is 2.30 bits per heavy atom. The Bertz CT molecular complexity index is 873. The van der Waals surface area contributed by atoms with Crippen LogP contribution in [0.2, 0.25) is 0 Å². The number of amides is 1. The molecular weight excluding hydrogens is 360 g/mol. The summed E-state index contributed by atoms with van der Waals surface area (Å²) < 4.78 is 29.2. The van der Waals surface area contributed by atoms with Crippen LogP contribution in [-0.4, -0.2) is 20.4 Å². The van der Waals surface area contributed by atoms with Crippen LogP contribution >= 0.6 is 0 Å². The van der Waals surface area contributed by atoms with Crippen LogP contribution in [-0.2, 0) is 14.8 Å². The zero-order valence-electron chi connectivity index (χ0n) is 16.0. The number of sulfonamides is 1. The van der Waals surface area contributed by atoms with Gasteiger partial charge in [-0.25, -0.2) is 13.1 Å². The van der Waals surface area contributed by atoms with Gasteiger partial charge in [0.2, 0.25) is 15.9 Å². The number of benzene rings is 1. The molecule has 5 aliphatic rings. The average molecular weight is 389 g/mol. The molecule has 0 saturated heterocycles. The highest BCUT2D eigenvalue weighted by Gasteiger charge is 2.53. The van der Waals surface area contributed by atoms with Crippen molar-refractivity contribution in [3.8, 4) is 0 Å². The minimum Gasteiger partial charge on any atom is -0.325 e. The third-order valence-electron chi connectivity index (χ3n) is 7.79. The first-order valence-corrected chi connectivity index (χ1v) is 11.7. The number of fused-ring (bicyclic) bond motifs is 1. The van der Waals surface area contributed by atoms with E-state index in [0.29, 0.717) is 0 Å². The van der Waals surface area contributed by atoms with E-state index >= 15 is 0 Å². The van der Waals surface area contributed by atoms with E-state index in [-0.39, 0.29) is 28.2 Å². The van der Waals surface area contributed by atoms with Crippen LogP contribution in [0.25, 0.3) is 0 Å². The van der Waals surface area contributed by atoms with Crippen molar-refractivity contribution in [2.75, 3.05) is 5.32 Å². The van der Waals surface area contributed by atoms with Crippen LogP contribution in [0.4, 0.5) is 5.69 Å². The molecule has 4 fully saturated rings. The number of nitrogens with one attached hydrogen (secondary N) is 2. The molecule has 4 saturated carbocycles. The molecule has 6 heteroatoms. The van der Waals surface area contributed by atoms with Gasteiger partial charge in [-0.3, -0.25) is 4.79 Å². The topological polar surface area (TPSA) is 75.3 Å². The summed E-state index contributed by atoms with van der Waals surface area (Å²) >= 11 is 0. The molecule has 146 valence electrons. The molecule has 0 spiro atoms. The van der Waals surface area contributed by atoms with Crippen molar-refractivity contribution >= 4 is 21.6 Å². The van der Waals surface area contributed by atoms with Crippen LogP contribution in [0.1, 0.15) is 63.9 Å². The molecule has 0 radical (unpaired) electrons. The number of hydrogen-bond acceptors (Lipinski definition) is 3. The van der Waals surface area contributed by atoms with Crippen molar-refractivity contribution < 1.29 is 13.2 Å². The number of carbonyl (C=O) groups excluding carboxylic acids is 1. The second kappa shape index (κ2) is 5.80. The minimum absolute atomic E-state index is 0.0543. The van der Waals surface area contributed by atoms with Crippen LogP contribution < -0.4 is 10.0 Å². The summed E-state index contributed by atoms with van der Waals surface area (Å²) in [6, 6.07) is 4.92. The van der Waals surface area contributed by atoms with Gasteiger partial charge < -0.3 is 5.32 Å². The molecule has 6 rings (SSSR count). The molecule has 2 atom stereocenters. The molecule has 27 heavy (non-hydrogen) atoms. The molecule has 0 unspecified atom stereocenters. The minimum atomic E-state index is -3.60. The normalized spacial score (nSPS) is 37.9. The summed E-state index contributed by atoms with van der Waals surface area (Å²) in [5, 5.41) is 2.80.